The number of hydrogen-bond donors (Lipinski definition) is 1. The maximum absolute atomic E-state index is 12.6. The standard InChI is InChI=1S/C23H20N6O6/c1-34-23(31)18-7-3-2-6-16(18)13-28-14-17(12-24-28)25-22(30)19-10-11-27(26-19)15-35-21-9-5-4-8-20(21)29(32)33/h2-12,14H,13,15H2,1H3,(H,25,30). The number of benzene rings is 2. The van der Waals surface area contributed by atoms with E-state index in [-0.39, 0.29) is 23.9 Å². The largest absolute Gasteiger partial charge is 0.465 e. The van der Waals surface area contributed by atoms with Crippen molar-refractivity contribution in [1.82, 2.24) is 19.6 Å². The molecule has 4 aromatic rings. The molecule has 178 valence electrons. The smallest absolute Gasteiger partial charge is 0.338 e. The lowest BCUT2D eigenvalue weighted by Gasteiger charge is -2.07. The summed E-state index contributed by atoms with van der Waals surface area (Å²) in [6, 6.07) is 14.5. The first-order valence-corrected chi connectivity index (χ1v) is 10.3. The number of amides is 1. The number of rotatable bonds is 9. The highest BCUT2D eigenvalue weighted by atomic mass is 16.6. The van der Waals surface area contributed by atoms with E-state index in [0.717, 1.165) is 5.56 Å². The van der Waals surface area contributed by atoms with Crippen LogP contribution in [-0.2, 0) is 18.0 Å². The Morgan fingerprint density at radius 2 is 1.86 bits per heavy atom. The maximum atomic E-state index is 12.6. The molecule has 0 saturated heterocycles. The van der Waals surface area contributed by atoms with Crippen molar-refractivity contribution < 1.29 is 24.0 Å². The lowest BCUT2D eigenvalue weighted by Crippen LogP contribution is -2.14. The zero-order valence-corrected chi connectivity index (χ0v) is 18.5. The minimum atomic E-state index is -0.536. The summed E-state index contributed by atoms with van der Waals surface area (Å²) in [5.41, 5.74) is 1.56. The number of carbonyl (C=O) groups is 2. The van der Waals surface area contributed by atoms with Crippen molar-refractivity contribution in [1.29, 1.82) is 0 Å². The number of nitro benzene ring substituents is 1. The second-order valence-electron chi connectivity index (χ2n) is 7.27. The molecule has 0 fully saturated rings. The van der Waals surface area contributed by atoms with Gasteiger partial charge in [0.2, 0.25) is 0 Å². The van der Waals surface area contributed by atoms with E-state index in [1.807, 2.05) is 6.07 Å². The lowest BCUT2D eigenvalue weighted by atomic mass is 10.1. The van der Waals surface area contributed by atoms with Gasteiger partial charge in [-0.3, -0.25) is 19.6 Å². The number of nitrogens with zero attached hydrogens (tertiary/aromatic N) is 5. The SMILES string of the molecule is COC(=O)c1ccccc1Cn1cc(NC(=O)c2ccn(COc3ccccc3[N+](=O)[O-])n2)cn1. The Labute approximate surface area is 198 Å². The molecular formula is C23H20N6O6. The minimum Gasteiger partial charge on any atom is -0.465 e. The van der Waals surface area contributed by atoms with E-state index >= 15 is 0 Å². The van der Waals surface area contributed by atoms with Crippen LogP contribution >= 0.6 is 0 Å². The fraction of sp³-hybridized carbons (Fsp3) is 0.130. The van der Waals surface area contributed by atoms with Gasteiger partial charge in [0.25, 0.3) is 5.91 Å². The number of nitro groups is 1. The molecule has 2 aromatic heterocycles. The molecule has 2 heterocycles. The third kappa shape index (κ3) is 5.50. The van der Waals surface area contributed by atoms with Crippen molar-refractivity contribution in [2.45, 2.75) is 13.3 Å². The molecule has 0 radical (unpaired) electrons. The maximum Gasteiger partial charge on any atom is 0.338 e. The third-order valence-corrected chi connectivity index (χ3v) is 4.93. The van der Waals surface area contributed by atoms with Crippen molar-refractivity contribution in [3.8, 4) is 5.75 Å². The van der Waals surface area contributed by atoms with E-state index < -0.39 is 16.8 Å². The van der Waals surface area contributed by atoms with E-state index in [1.54, 1.807) is 41.2 Å². The fourth-order valence-corrected chi connectivity index (χ4v) is 3.27. The van der Waals surface area contributed by atoms with Crippen molar-refractivity contribution in [3.63, 3.8) is 0 Å². The number of ether oxygens (including phenoxy) is 2. The van der Waals surface area contributed by atoms with Gasteiger partial charge in [-0.05, 0) is 23.8 Å². The van der Waals surface area contributed by atoms with E-state index in [4.69, 9.17) is 9.47 Å². The van der Waals surface area contributed by atoms with Crippen molar-refractivity contribution >= 4 is 23.3 Å². The van der Waals surface area contributed by atoms with Gasteiger partial charge in [0, 0.05) is 18.5 Å². The fourth-order valence-electron chi connectivity index (χ4n) is 3.27. The molecule has 0 saturated carbocycles. The number of para-hydroxylation sites is 2. The summed E-state index contributed by atoms with van der Waals surface area (Å²) < 4.78 is 13.2. The third-order valence-electron chi connectivity index (χ3n) is 4.93. The highest BCUT2D eigenvalue weighted by molar-refractivity contribution is 6.02. The summed E-state index contributed by atoms with van der Waals surface area (Å²) in [5.74, 6) is -0.813. The summed E-state index contributed by atoms with van der Waals surface area (Å²) in [4.78, 5) is 35.1. The molecule has 35 heavy (non-hydrogen) atoms. The zero-order valence-electron chi connectivity index (χ0n) is 18.5. The number of carbonyl (C=O) groups excluding carboxylic acids is 2. The summed E-state index contributed by atoms with van der Waals surface area (Å²) in [6.07, 6.45) is 4.63. The molecule has 0 atom stereocenters. The molecule has 2 aromatic carbocycles. The highest BCUT2D eigenvalue weighted by Crippen LogP contribution is 2.26. The quantitative estimate of drug-likeness (QED) is 0.220. The van der Waals surface area contributed by atoms with Gasteiger partial charge in [-0.1, -0.05) is 30.3 Å². The van der Waals surface area contributed by atoms with Gasteiger partial charge in [-0.25, -0.2) is 9.48 Å². The second-order valence-corrected chi connectivity index (χ2v) is 7.27. The first-order valence-electron chi connectivity index (χ1n) is 10.3. The van der Waals surface area contributed by atoms with E-state index in [9.17, 15) is 19.7 Å². The lowest BCUT2D eigenvalue weighted by molar-refractivity contribution is -0.386. The van der Waals surface area contributed by atoms with Crippen LogP contribution in [0, 0.1) is 10.1 Å². The summed E-state index contributed by atoms with van der Waals surface area (Å²) in [7, 11) is 1.32. The Balaban J connectivity index is 1.37. The molecule has 0 aliphatic rings. The van der Waals surface area contributed by atoms with Crippen LogP contribution in [0.3, 0.4) is 0 Å². The Morgan fingerprint density at radius 1 is 1.09 bits per heavy atom. The average molecular weight is 476 g/mol. The van der Waals surface area contributed by atoms with Crippen molar-refractivity contribution in [2.75, 3.05) is 12.4 Å². The molecule has 0 aliphatic carbocycles. The number of anilines is 1. The summed E-state index contributed by atoms with van der Waals surface area (Å²) in [5, 5.41) is 22.2. The van der Waals surface area contributed by atoms with Crippen LogP contribution in [0.5, 0.6) is 5.75 Å². The van der Waals surface area contributed by atoms with Crippen LogP contribution in [0.25, 0.3) is 0 Å². The summed E-state index contributed by atoms with van der Waals surface area (Å²) >= 11 is 0. The van der Waals surface area contributed by atoms with Crippen LogP contribution in [0.4, 0.5) is 11.4 Å². The molecule has 12 heteroatoms. The molecule has 12 nitrogen and oxygen atoms in total. The molecule has 0 unspecified atom stereocenters. The molecule has 4 rings (SSSR count). The Kier molecular flexibility index (Phi) is 6.81. The molecular weight excluding hydrogens is 456 g/mol. The normalized spacial score (nSPS) is 10.5. The van der Waals surface area contributed by atoms with Gasteiger partial charge >= 0.3 is 11.7 Å². The van der Waals surface area contributed by atoms with Gasteiger partial charge in [-0.2, -0.15) is 10.2 Å². The number of aromatic nitrogens is 4. The highest BCUT2D eigenvalue weighted by Gasteiger charge is 2.16. The van der Waals surface area contributed by atoms with Crippen molar-refractivity contribution in [2.24, 2.45) is 0 Å². The predicted octanol–water partition coefficient (Wildman–Crippen LogP) is 3.11. The molecule has 1 amide bonds. The topological polar surface area (TPSA) is 143 Å². The average Bonchev–Trinajstić information content (AvgIpc) is 3.52. The Morgan fingerprint density at radius 3 is 2.66 bits per heavy atom. The van der Waals surface area contributed by atoms with Gasteiger partial charge < -0.3 is 14.8 Å². The first kappa shape index (κ1) is 23.2. The zero-order chi connectivity index (χ0) is 24.8. The first-order chi connectivity index (χ1) is 16.9. The van der Waals surface area contributed by atoms with Crippen LogP contribution < -0.4 is 10.1 Å². The van der Waals surface area contributed by atoms with Crippen LogP contribution in [0.15, 0.2) is 73.2 Å². The van der Waals surface area contributed by atoms with E-state index in [0.29, 0.717) is 17.8 Å². The van der Waals surface area contributed by atoms with Crippen LogP contribution in [-0.4, -0.2) is 43.5 Å². The Hall–Kier alpha value is -5.00. The van der Waals surface area contributed by atoms with Gasteiger partial charge in [0.1, 0.15) is 0 Å². The minimum absolute atomic E-state index is 0.0974. The molecule has 1 N–H and O–H groups in total. The van der Waals surface area contributed by atoms with Crippen LogP contribution in [0.2, 0.25) is 0 Å². The summed E-state index contributed by atoms with van der Waals surface area (Å²) in [6.45, 7) is 0.189. The predicted molar refractivity (Wildman–Crippen MR) is 123 cm³/mol. The second kappa shape index (κ2) is 10.3. The van der Waals surface area contributed by atoms with Crippen LogP contribution in [0.1, 0.15) is 26.4 Å². The molecule has 0 bridgehead atoms. The monoisotopic (exact) mass is 476 g/mol. The van der Waals surface area contributed by atoms with E-state index in [1.165, 1.54) is 42.4 Å². The van der Waals surface area contributed by atoms with Gasteiger partial charge in [0.05, 0.1) is 36.0 Å². The van der Waals surface area contributed by atoms with Crippen molar-refractivity contribution in [3.05, 3.63) is 100 Å². The Bertz CT molecular complexity index is 1380. The molecule has 0 aliphatic heterocycles. The number of nitrogens with one attached hydrogen (secondary N) is 1. The van der Waals surface area contributed by atoms with Gasteiger partial charge in [-0.15, -0.1) is 0 Å². The number of methoxy groups -OCH3 is 1. The number of esters is 1. The van der Waals surface area contributed by atoms with E-state index in [2.05, 4.69) is 15.5 Å². The van der Waals surface area contributed by atoms with Gasteiger partial charge in [0.15, 0.2) is 18.2 Å². The number of hydrogen-bond acceptors (Lipinski definition) is 8. The molecule has 0 spiro atoms.